The third-order valence-corrected chi connectivity index (χ3v) is 3.13. The molecule has 0 fully saturated rings. The first-order valence-corrected chi connectivity index (χ1v) is 6.68. The van der Waals surface area contributed by atoms with E-state index >= 15 is 0 Å². The Balaban J connectivity index is 2.95. The summed E-state index contributed by atoms with van der Waals surface area (Å²) in [6.07, 6.45) is 0.567. The highest BCUT2D eigenvalue weighted by molar-refractivity contribution is 5.55. The topological polar surface area (TPSA) is 39.1 Å². The maximum atomic E-state index is 8.73. The summed E-state index contributed by atoms with van der Waals surface area (Å²) in [5.74, 6) is 0. The van der Waals surface area contributed by atoms with Gasteiger partial charge in [-0.3, -0.25) is 0 Å². The molecule has 0 saturated heterocycles. The van der Waals surface area contributed by atoms with Crippen molar-refractivity contribution in [3.05, 3.63) is 29.8 Å². The van der Waals surface area contributed by atoms with E-state index in [1.807, 2.05) is 0 Å². The molecule has 1 rings (SSSR count). The van der Waals surface area contributed by atoms with Crippen LogP contribution < -0.4 is 10.2 Å². The van der Waals surface area contributed by atoms with Gasteiger partial charge in [0.1, 0.15) is 0 Å². The molecule has 0 radical (unpaired) electrons. The van der Waals surface area contributed by atoms with Gasteiger partial charge in [0.05, 0.1) is 12.5 Å². The van der Waals surface area contributed by atoms with E-state index in [-0.39, 0.29) is 0 Å². The Kier molecular flexibility index (Phi) is 6.24. The van der Waals surface area contributed by atoms with Gasteiger partial charge in [-0.15, -0.1) is 0 Å². The molecule has 18 heavy (non-hydrogen) atoms. The molecule has 0 aliphatic heterocycles. The molecule has 1 aromatic carbocycles. The van der Waals surface area contributed by atoms with Crippen LogP contribution in [-0.4, -0.2) is 19.6 Å². The van der Waals surface area contributed by atoms with E-state index in [0.29, 0.717) is 12.5 Å². The van der Waals surface area contributed by atoms with Crippen LogP contribution >= 0.6 is 0 Å². The average molecular weight is 245 g/mol. The van der Waals surface area contributed by atoms with Gasteiger partial charge in [-0.2, -0.15) is 5.26 Å². The second kappa shape index (κ2) is 7.73. The molecule has 0 aromatic heterocycles. The third-order valence-electron chi connectivity index (χ3n) is 3.13. The highest BCUT2D eigenvalue weighted by Gasteiger charge is 2.13. The van der Waals surface area contributed by atoms with Gasteiger partial charge in [0.2, 0.25) is 0 Å². The molecule has 3 heteroatoms. The van der Waals surface area contributed by atoms with Crippen molar-refractivity contribution in [3.8, 4) is 6.07 Å². The zero-order chi connectivity index (χ0) is 13.4. The molecule has 0 saturated carbocycles. The maximum absolute atomic E-state index is 8.73. The van der Waals surface area contributed by atoms with Gasteiger partial charge in [-0.25, -0.2) is 0 Å². The van der Waals surface area contributed by atoms with Crippen LogP contribution in [0.25, 0.3) is 0 Å². The van der Waals surface area contributed by atoms with Crippen molar-refractivity contribution in [2.24, 2.45) is 0 Å². The lowest BCUT2D eigenvalue weighted by molar-refractivity contribution is 0.596. The molecule has 0 bridgehead atoms. The van der Waals surface area contributed by atoms with Gasteiger partial charge in [0.15, 0.2) is 0 Å². The molecule has 1 N–H and O–H groups in total. The number of hydrogen-bond acceptors (Lipinski definition) is 3. The summed E-state index contributed by atoms with van der Waals surface area (Å²) in [6, 6.07) is 11.0. The number of para-hydroxylation sites is 1. The zero-order valence-electron chi connectivity index (χ0n) is 11.6. The second-order valence-corrected chi connectivity index (χ2v) is 4.33. The Morgan fingerprint density at radius 2 is 2.06 bits per heavy atom. The van der Waals surface area contributed by atoms with Crippen molar-refractivity contribution in [1.82, 2.24) is 5.32 Å². The molecular formula is C15H23N3. The smallest absolute Gasteiger partial charge is 0.0640 e. The summed E-state index contributed by atoms with van der Waals surface area (Å²) < 4.78 is 0. The summed E-state index contributed by atoms with van der Waals surface area (Å²) in [7, 11) is 0. The summed E-state index contributed by atoms with van der Waals surface area (Å²) in [4.78, 5) is 2.27. The fourth-order valence-electron chi connectivity index (χ4n) is 2.19. The van der Waals surface area contributed by atoms with Gasteiger partial charge < -0.3 is 10.2 Å². The Bertz CT molecular complexity index is 395. The van der Waals surface area contributed by atoms with E-state index in [2.05, 4.69) is 61.3 Å². The highest BCUT2D eigenvalue weighted by atomic mass is 15.1. The molecule has 0 aliphatic carbocycles. The number of nitrogens with zero attached hydrogens (tertiary/aromatic N) is 2. The lowest BCUT2D eigenvalue weighted by Crippen LogP contribution is -2.27. The standard InChI is InChI=1S/C15H23N3/c1-4-17-13(3)14-9-6-7-10-15(14)18(5-2)12-8-11-16/h6-7,9-10,13,17H,4-5,8,12H2,1-3H3. The fraction of sp³-hybridized carbons (Fsp3) is 0.533. The van der Waals surface area contributed by atoms with Gasteiger partial charge in [0, 0.05) is 24.8 Å². The number of nitriles is 1. The second-order valence-electron chi connectivity index (χ2n) is 4.33. The summed E-state index contributed by atoms with van der Waals surface area (Å²) >= 11 is 0. The minimum absolute atomic E-state index is 0.335. The minimum atomic E-state index is 0.335. The van der Waals surface area contributed by atoms with Crippen molar-refractivity contribution >= 4 is 5.69 Å². The number of benzene rings is 1. The molecule has 0 aliphatic rings. The van der Waals surface area contributed by atoms with Crippen LogP contribution in [0.3, 0.4) is 0 Å². The van der Waals surface area contributed by atoms with E-state index in [9.17, 15) is 0 Å². The van der Waals surface area contributed by atoms with Crippen LogP contribution in [0.2, 0.25) is 0 Å². The van der Waals surface area contributed by atoms with Crippen LogP contribution in [0, 0.1) is 11.3 Å². The molecule has 98 valence electrons. The van der Waals surface area contributed by atoms with Gasteiger partial charge >= 0.3 is 0 Å². The zero-order valence-corrected chi connectivity index (χ0v) is 11.6. The quantitative estimate of drug-likeness (QED) is 0.802. The predicted molar refractivity (Wildman–Crippen MR) is 76.7 cm³/mol. The highest BCUT2D eigenvalue weighted by Crippen LogP contribution is 2.26. The maximum Gasteiger partial charge on any atom is 0.0640 e. The summed E-state index contributed by atoms with van der Waals surface area (Å²) in [6.45, 7) is 9.11. The van der Waals surface area contributed by atoms with Crippen LogP contribution in [0.5, 0.6) is 0 Å². The molecule has 0 heterocycles. The Hall–Kier alpha value is -1.53. The molecule has 1 unspecified atom stereocenters. The molecular weight excluding hydrogens is 222 g/mol. The first-order valence-electron chi connectivity index (χ1n) is 6.68. The Labute approximate surface area is 110 Å². The normalized spacial score (nSPS) is 11.9. The van der Waals surface area contributed by atoms with E-state index in [4.69, 9.17) is 5.26 Å². The number of anilines is 1. The van der Waals surface area contributed by atoms with Crippen molar-refractivity contribution in [1.29, 1.82) is 5.26 Å². The third kappa shape index (κ3) is 3.75. The Morgan fingerprint density at radius 3 is 2.67 bits per heavy atom. The predicted octanol–water partition coefficient (Wildman–Crippen LogP) is 3.10. The number of rotatable bonds is 7. The monoisotopic (exact) mass is 245 g/mol. The minimum Gasteiger partial charge on any atom is -0.371 e. The Morgan fingerprint density at radius 1 is 1.33 bits per heavy atom. The van der Waals surface area contributed by atoms with Crippen molar-refractivity contribution < 1.29 is 0 Å². The summed E-state index contributed by atoms with van der Waals surface area (Å²) in [5, 5.41) is 12.2. The SMILES string of the molecule is CCNC(C)c1ccccc1N(CC)CCC#N. The molecule has 1 atom stereocenters. The molecule has 1 aromatic rings. The van der Waals surface area contributed by atoms with Crippen LogP contribution in [0.1, 0.15) is 38.8 Å². The van der Waals surface area contributed by atoms with Crippen LogP contribution in [0.4, 0.5) is 5.69 Å². The number of nitrogens with one attached hydrogen (secondary N) is 1. The van der Waals surface area contributed by atoms with Crippen molar-refractivity contribution in [3.63, 3.8) is 0 Å². The van der Waals surface area contributed by atoms with E-state index < -0.39 is 0 Å². The molecule has 0 amide bonds. The van der Waals surface area contributed by atoms with Gasteiger partial charge in [0.25, 0.3) is 0 Å². The van der Waals surface area contributed by atoms with E-state index in [0.717, 1.165) is 19.6 Å². The van der Waals surface area contributed by atoms with E-state index in [1.165, 1.54) is 11.3 Å². The van der Waals surface area contributed by atoms with Crippen LogP contribution in [-0.2, 0) is 0 Å². The van der Waals surface area contributed by atoms with Gasteiger partial charge in [-0.1, -0.05) is 25.1 Å². The average Bonchev–Trinajstić information content (AvgIpc) is 2.40. The van der Waals surface area contributed by atoms with Gasteiger partial charge in [-0.05, 0) is 32.0 Å². The molecule has 3 nitrogen and oxygen atoms in total. The lowest BCUT2D eigenvalue weighted by atomic mass is 10.0. The lowest BCUT2D eigenvalue weighted by Gasteiger charge is -2.27. The largest absolute Gasteiger partial charge is 0.371 e. The first kappa shape index (κ1) is 14.5. The fourth-order valence-corrected chi connectivity index (χ4v) is 2.19. The number of hydrogen-bond donors (Lipinski definition) is 1. The molecule has 0 spiro atoms. The van der Waals surface area contributed by atoms with Crippen molar-refractivity contribution in [2.75, 3.05) is 24.5 Å². The first-order chi connectivity index (χ1) is 8.74. The van der Waals surface area contributed by atoms with Crippen LogP contribution in [0.15, 0.2) is 24.3 Å². The van der Waals surface area contributed by atoms with E-state index in [1.54, 1.807) is 0 Å². The summed E-state index contributed by atoms with van der Waals surface area (Å²) in [5.41, 5.74) is 2.54. The van der Waals surface area contributed by atoms with Crippen molar-refractivity contribution in [2.45, 2.75) is 33.2 Å².